The van der Waals surface area contributed by atoms with E-state index in [1.165, 1.54) is 0 Å². The topological polar surface area (TPSA) is 55.0 Å². The van der Waals surface area contributed by atoms with Gasteiger partial charge >= 0.3 is 0 Å². The average Bonchev–Trinajstić information content (AvgIpc) is 2.92. The molecule has 4 aromatic carbocycles. The van der Waals surface area contributed by atoms with Crippen molar-refractivity contribution in [2.24, 2.45) is 5.73 Å². The smallest absolute Gasteiger partial charge is 0.0745 e. The molecule has 0 aliphatic carbocycles. The number of benzene rings is 4. The maximum absolute atomic E-state index is 6.44. The van der Waals surface area contributed by atoms with Crippen molar-refractivity contribution in [2.75, 3.05) is 18.0 Å². The zero-order chi connectivity index (χ0) is 27.8. The normalized spacial score (nSPS) is 11.7. The van der Waals surface area contributed by atoms with Gasteiger partial charge in [0.1, 0.15) is 0 Å². The largest absolute Gasteiger partial charge is 0.339 e. The van der Waals surface area contributed by atoms with E-state index in [0.717, 1.165) is 87.2 Å². The summed E-state index contributed by atoms with van der Waals surface area (Å²) < 4.78 is 0. The van der Waals surface area contributed by atoms with Crippen LogP contribution in [0.3, 0.4) is 0 Å². The monoisotopic (exact) mass is 606 g/mol. The zero-order valence-corrected chi connectivity index (χ0v) is 24.6. The van der Waals surface area contributed by atoms with Crippen molar-refractivity contribution in [1.29, 1.82) is 0 Å². The van der Waals surface area contributed by atoms with Crippen LogP contribution in [0.5, 0.6) is 0 Å². The van der Waals surface area contributed by atoms with Gasteiger partial charge in [-0.15, -0.1) is 0 Å². The van der Waals surface area contributed by atoms with E-state index in [-0.39, 0.29) is 0 Å². The maximum Gasteiger partial charge on any atom is 0.0745 e. The standard InChI is InChI=1S/C32H26Cl4N4/c33-19-5-9-23-27(15-19)38-28-16-20(34)6-10-24(28)31(23)40(14-4-2-1-3-13-37)32-25-11-7-21(35)17-29(25)39-30-18-22(36)8-12-26(30)32/h5-12,15-18H,1-4,13-14,37H2. The number of unbranched alkanes of at least 4 members (excludes halogenated alkanes) is 3. The molecule has 0 radical (unpaired) electrons. The molecule has 0 saturated heterocycles. The fourth-order valence-electron chi connectivity index (χ4n) is 5.42. The lowest BCUT2D eigenvalue weighted by Gasteiger charge is -2.30. The lowest BCUT2D eigenvalue weighted by atomic mass is 10.0. The van der Waals surface area contributed by atoms with Gasteiger partial charge < -0.3 is 10.6 Å². The minimum absolute atomic E-state index is 0.629. The molecule has 6 rings (SSSR count). The summed E-state index contributed by atoms with van der Waals surface area (Å²) in [6.45, 7) is 1.47. The lowest BCUT2D eigenvalue weighted by molar-refractivity contribution is 0.649. The minimum atomic E-state index is 0.629. The van der Waals surface area contributed by atoms with Gasteiger partial charge in [-0.25, -0.2) is 9.97 Å². The molecule has 4 nitrogen and oxygen atoms in total. The summed E-state index contributed by atoms with van der Waals surface area (Å²) in [6.07, 6.45) is 4.12. The first-order valence-electron chi connectivity index (χ1n) is 13.3. The predicted octanol–water partition coefficient (Wildman–Crippen LogP) is 10.4. The van der Waals surface area contributed by atoms with Crippen molar-refractivity contribution in [3.8, 4) is 0 Å². The van der Waals surface area contributed by atoms with Gasteiger partial charge in [0.2, 0.25) is 0 Å². The summed E-state index contributed by atoms with van der Waals surface area (Å²) in [6, 6.07) is 23.5. The Morgan fingerprint density at radius 2 is 0.850 bits per heavy atom. The van der Waals surface area contributed by atoms with Crippen molar-refractivity contribution in [3.63, 3.8) is 0 Å². The second-order valence-electron chi connectivity index (χ2n) is 9.92. The van der Waals surface area contributed by atoms with Crippen molar-refractivity contribution < 1.29 is 0 Å². The van der Waals surface area contributed by atoms with Crippen molar-refractivity contribution >= 4 is 101 Å². The van der Waals surface area contributed by atoms with Crippen LogP contribution in [0.4, 0.5) is 11.4 Å². The molecule has 2 heterocycles. The third-order valence-corrected chi connectivity index (χ3v) is 8.16. The fourth-order valence-corrected chi connectivity index (χ4v) is 6.09. The molecule has 2 N–H and O–H groups in total. The highest BCUT2D eigenvalue weighted by Crippen LogP contribution is 2.44. The van der Waals surface area contributed by atoms with E-state index >= 15 is 0 Å². The van der Waals surface area contributed by atoms with Gasteiger partial charge in [0.05, 0.1) is 33.4 Å². The van der Waals surface area contributed by atoms with Gasteiger partial charge in [0.25, 0.3) is 0 Å². The highest BCUT2D eigenvalue weighted by molar-refractivity contribution is 6.33. The minimum Gasteiger partial charge on any atom is -0.339 e. The number of aromatic nitrogens is 2. The summed E-state index contributed by atoms with van der Waals surface area (Å²) in [5, 5.41) is 6.53. The quantitative estimate of drug-likeness (QED) is 0.138. The lowest BCUT2D eigenvalue weighted by Crippen LogP contribution is -2.20. The molecule has 2 aromatic heterocycles. The van der Waals surface area contributed by atoms with E-state index in [1.54, 1.807) is 0 Å². The Morgan fingerprint density at radius 1 is 0.500 bits per heavy atom. The second kappa shape index (κ2) is 11.6. The molecule has 0 bridgehead atoms. The van der Waals surface area contributed by atoms with Crippen LogP contribution >= 0.6 is 46.4 Å². The third kappa shape index (κ3) is 5.27. The van der Waals surface area contributed by atoms with Crippen LogP contribution in [0.2, 0.25) is 20.1 Å². The Morgan fingerprint density at radius 3 is 1.20 bits per heavy atom. The second-order valence-corrected chi connectivity index (χ2v) is 11.7. The molecule has 6 aromatic rings. The summed E-state index contributed by atoms with van der Waals surface area (Å²) in [5.41, 5.74) is 11.1. The van der Waals surface area contributed by atoms with Gasteiger partial charge in [0.15, 0.2) is 0 Å². The SMILES string of the molecule is NCCCCCCN(c1c2ccc(Cl)cc2nc2cc(Cl)ccc12)c1c2ccc(Cl)cc2nc2cc(Cl)ccc12. The average molecular weight is 608 g/mol. The van der Waals surface area contributed by atoms with Gasteiger partial charge in [-0.05, 0) is 92.2 Å². The van der Waals surface area contributed by atoms with Gasteiger partial charge in [-0.2, -0.15) is 0 Å². The number of nitrogens with two attached hydrogens (primary N) is 1. The first kappa shape index (κ1) is 27.3. The van der Waals surface area contributed by atoms with Crippen LogP contribution in [0.1, 0.15) is 25.7 Å². The Kier molecular flexibility index (Phi) is 7.89. The Bertz CT molecular complexity index is 1640. The van der Waals surface area contributed by atoms with E-state index in [9.17, 15) is 0 Å². The highest BCUT2D eigenvalue weighted by Gasteiger charge is 2.23. The van der Waals surface area contributed by atoms with Gasteiger partial charge in [-0.3, -0.25) is 0 Å². The summed E-state index contributed by atoms with van der Waals surface area (Å²) >= 11 is 25.8. The number of pyridine rings is 2. The Hall–Kier alpha value is -2.86. The van der Waals surface area contributed by atoms with Crippen molar-refractivity contribution in [3.05, 3.63) is 92.9 Å². The molecule has 0 amide bonds. The molecule has 0 spiro atoms. The molecule has 202 valence electrons. The van der Waals surface area contributed by atoms with Gasteiger partial charge in [0, 0.05) is 48.2 Å². The molecule has 0 aliphatic heterocycles. The number of nitrogens with zero attached hydrogens (tertiary/aromatic N) is 3. The van der Waals surface area contributed by atoms with E-state index < -0.39 is 0 Å². The molecule has 40 heavy (non-hydrogen) atoms. The van der Waals surface area contributed by atoms with Crippen LogP contribution in [-0.4, -0.2) is 23.1 Å². The number of halogens is 4. The molecule has 0 saturated carbocycles. The number of anilines is 2. The van der Waals surface area contributed by atoms with Crippen molar-refractivity contribution in [2.45, 2.75) is 25.7 Å². The number of hydrogen-bond donors (Lipinski definition) is 1. The molecule has 0 atom stereocenters. The Labute approximate surface area is 252 Å². The van der Waals surface area contributed by atoms with Crippen molar-refractivity contribution in [1.82, 2.24) is 9.97 Å². The molecule has 0 unspecified atom stereocenters. The summed E-state index contributed by atoms with van der Waals surface area (Å²) in [4.78, 5) is 12.3. The molecule has 8 heteroatoms. The molecule has 0 aliphatic rings. The first-order valence-corrected chi connectivity index (χ1v) is 14.8. The van der Waals surface area contributed by atoms with Crippen LogP contribution < -0.4 is 10.6 Å². The van der Waals surface area contributed by atoms with E-state index in [4.69, 9.17) is 62.1 Å². The fraction of sp³-hybridized carbons (Fsp3) is 0.188. The number of rotatable bonds is 8. The van der Waals surface area contributed by atoms with Crippen LogP contribution in [0, 0.1) is 0 Å². The first-order chi connectivity index (χ1) is 19.4. The predicted molar refractivity (Wildman–Crippen MR) is 173 cm³/mol. The third-order valence-electron chi connectivity index (χ3n) is 7.22. The van der Waals surface area contributed by atoms with E-state index in [1.807, 2.05) is 48.5 Å². The highest BCUT2D eigenvalue weighted by atomic mass is 35.5. The zero-order valence-electron chi connectivity index (χ0n) is 21.6. The van der Waals surface area contributed by atoms with E-state index in [0.29, 0.717) is 26.6 Å². The number of hydrogen-bond acceptors (Lipinski definition) is 4. The Balaban J connectivity index is 1.70. The molecular formula is C32H26Cl4N4. The van der Waals surface area contributed by atoms with Crippen LogP contribution in [0.25, 0.3) is 43.6 Å². The summed E-state index contributed by atoms with van der Waals surface area (Å²) in [5.74, 6) is 0. The molecule has 0 fully saturated rings. The number of fused-ring (bicyclic) bond motifs is 4. The molecular weight excluding hydrogens is 582 g/mol. The van der Waals surface area contributed by atoms with Crippen LogP contribution in [0.15, 0.2) is 72.8 Å². The van der Waals surface area contributed by atoms with E-state index in [2.05, 4.69) is 29.2 Å². The maximum atomic E-state index is 6.44. The van der Waals surface area contributed by atoms with Crippen LogP contribution in [-0.2, 0) is 0 Å². The van der Waals surface area contributed by atoms with Gasteiger partial charge in [-0.1, -0.05) is 59.2 Å². The summed E-state index contributed by atoms with van der Waals surface area (Å²) in [7, 11) is 0.